The van der Waals surface area contributed by atoms with E-state index in [0.717, 1.165) is 5.56 Å². The average molecular weight is 288 g/mol. The van der Waals surface area contributed by atoms with E-state index in [2.05, 4.69) is 5.32 Å². The van der Waals surface area contributed by atoms with Gasteiger partial charge in [0.1, 0.15) is 6.61 Å². The van der Waals surface area contributed by atoms with Crippen molar-refractivity contribution in [1.29, 1.82) is 0 Å². The molecule has 4 nitrogen and oxygen atoms in total. The van der Waals surface area contributed by atoms with Crippen molar-refractivity contribution in [2.24, 2.45) is 0 Å². The molecule has 1 rings (SSSR count). The van der Waals surface area contributed by atoms with Gasteiger partial charge < -0.3 is 14.8 Å². The largest absolute Gasteiger partial charge is 0.461 e. The summed E-state index contributed by atoms with van der Waals surface area (Å²) in [5, 5.41) is 3.06. The van der Waals surface area contributed by atoms with E-state index >= 15 is 0 Å². The SMILES string of the molecule is CN[C@@H](C)COCCC(=O)OCc1ccccc1.Cl. The Morgan fingerprint density at radius 3 is 2.63 bits per heavy atom. The number of carbonyl (C=O) groups is 1. The average Bonchev–Trinajstić information content (AvgIpc) is 2.42. The van der Waals surface area contributed by atoms with E-state index in [9.17, 15) is 4.79 Å². The molecule has 0 spiro atoms. The number of carbonyl (C=O) groups excluding carboxylic acids is 1. The summed E-state index contributed by atoms with van der Waals surface area (Å²) >= 11 is 0. The molecule has 5 heteroatoms. The molecule has 0 aliphatic heterocycles. The van der Waals surface area contributed by atoms with Gasteiger partial charge in [0, 0.05) is 6.04 Å². The van der Waals surface area contributed by atoms with Gasteiger partial charge in [-0.1, -0.05) is 30.3 Å². The fraction of sp³-hybridized carbons (Fsp3) is 0.500. The molecule has 1 aromatic rings. The van der Waals surface area contributed by atoms with Gasteiger partial charge in [0.2, 0.25) is 0 Å². The van der Waals surface area contributed by atoms with E-state index in [1.807, 2.05) is 44.3 Å². The summed E-state index contributed by atoms with van der Waals surface area (Å²) < 4.78 is 10.5. The first-order valence-electron chi connectivity index (χ1n) is 6.17. The molecular formula is C14H22ClNO3. The second-order valence-corrected chi connectivity index (χ2v) is 4.16. The smallest absolute Gasteiger partial charge is 0.308 e. The van der Waals surface area contributed by atoms with Crippen LogP contribution in [0.25, 0.3) is 0 Å². The van der Waals surface area contributed by atoms with Gasteiger partial charge in [0.15, 0.2) is 0 Å². The summed E-state index contributed by atoms with van der Waals surface area (Å²) in [5.74, 6) is -0.226. The van der Waals surface area contributed by atoms with Crippen LogP contribution >= 0.6 is 12.4 Å². The first-order valence-corrected chi connectivity index (χ1v) is 6.17. The third-order valence-corrected chi connectivity index (χ3v) is 2.55. The highest BCUT2D eigenvalue weighted by atomic mass is 35.5. The zero-order valence-electron chi connectivity index (χ0n) is 11.4. The van der Waals surface area contributed by atoms with Crippen molar-refractivity contribution < 1.29 is 14.3 Å². The van der Waals surface area contributed by atoms with Gasteiger partial charge in [-0.05, 0) is 19.5 Å². The minimum Gasteiger partial charge on any atom is -0.461 e. The van der Waals surface area contributed by atoms with Crippen molar-refractivity contribution >= 4 is 18.4 Å². The molecule has 0 unspecified atom stereocenters. The lowest BCUT2D eigenvalue weighted by Crippen LogP contribution is -2.27. The van der Waals surface area contributed by atoms with E-state index < -0.39 is 0 Å². The molecule has 0 fully saturated rings. The van der Waals surface area contributed by atoms with Crippen LogP contribution in [0.15, 0.2) is 30.3 Å². The second kappa shape index (κ2) is 10.8. The minimum atomic E-state index is -0.226. The van der Waals surface area contributed by atoms with Gasteiger partial charge in [-0.3, -0.25) is 4.79 Å². The number of ether oxygens (including phenoxy) is 2. The van der Waals surface area contributed by atoms with Crippen LogP contribution in [0.2, 0.25) is 0 Å². The summed E-state index contributed by atoms with van der Waals surface area (Å²) in [6.45, 7) is 3.35. The minimum absolute atomic E-state index is 0. The predicted molar refractivity (Wildman–Crippen MR) is 77.4 cm³/mol. The van der Waals surface area contributed by atoms with E-state index in [-0.39, 0.29) is 18.4 Å². The third-order valence-electron chi connectivity index (χ3n) is 2.55. The molecule has 0 heterocycles. The first kappa shape index (κ1) is 17.9. The van der Waals surface area contributed by atoms with E-state index in [1.54, 1.807) is 0 Å². The normalized spacial score (nSPS) is 11.5. The maximum Gasteiger partial charge on any atom is 0.308 e. The lowest BCUT2D eigenvalue weighted by Gasteiger charge is -2.10. The number of rotatable bonds is 8. The Labute approximate surface area is 120 Å². The number of hydrogen-bond donors (Lipinski definition) is 1. The van der Waals surface area contributed by atoms with Crippen LogP contribution in [0.5, 0.6) is 0 Å². The van der Waals surface area contributed by atoms with Gasteiger partial charge in [-0.15, -0.1) is 12.4 Å². The van der Waals surface area contributed by atoms with Crippen molar-refractivity contribution in [3.63, 3.8) is 0 Å². The number of halogens is 1. The number of nitrogens with one attached hydrogen (secondary N) is 1. The number of esters is 1. The zero-order chi connectivity index (χ0) is 13.2. The Balaban J connectivity index is 0.00000324. The number of hydrogen-bond acceptors (Lipinski definition) is 4. The summed E-state index contributed by atoms with van der Waals surface area (Å²) in [7, 11) is 1.88. The Kier molecular flexibility index (Phi) is 10.2. The monoisotopic (exact) mass is 287 g/mol. The van der Waals surface area contributed by atoms with Crippen LogP contribution in [-0.4, -0.2) is 32.3 Å². The third kappa shape index (κ3) is 8.59. The second-order valence-electron chi connectivity index (χ2n) is 4.16. The molecule has 0 bridgehead atoms. The molecule has 0 aliphatic rings. The fourth-order valence-corrected chi connectivity index (χ4v) is 1.31. The molecule has 0 aromatic heterocycles. The van der Waals surface area contributed by atoms with Crippen LogP contribution in [-0.2, 0) is 20.9 Å². The van der Waals surface area contributed by atoms with Crippen LogP contribution in [0.1, 0.15) is 18.9 Å². The van der Waals surface area contributed by atoms with Crippen molar-refractivity contribution in [2.45, 2.75) is 26.0 Å². The van der Waals surface area contributed by atoms with Crippen LogP contribution < -0.4 is 5.32 Å². The number of likely N-dealkylation sites (N-methyl/N-ethyl adjacent to an activating group) is 1. The van der Waals surface area contributed by atoms with Gasteiger partial charge >= 0.3 is 5.97 Å². The molecule has 1 atom stereocenters. The predicted octanol–water partition coefficient (Wildman–Crippen LogP) is 2.17. The van der Waals surface area contributed by atoms with Crippen molar-refractivity contribution in [3.05, 3.63) is 35.9 Å². The van der Waals surface area contributed by atoms with Crippen LogP contribution in [0.3, 0.4) is 0 Å². The summed E-state index contributed by atoms with van der Waals surface area (Å²) in [6, 6.07) is 9.93. The van der Waals surface area contributed by atoms with E-state index in [0.29, 0.717) is 32.3 Å². The van der Waals surface area contributed by atoms with Gasteiger partial charge in [0.05, 0.1) is 19.6 Å². The Morgan fingerprint density at radius 1 is 1.32 bits per heavy atom. The molecule has 1 N–H and O–H groups in total. The van der Waals surface area contributed by atoms with Gasteiger partial charge in [0.25, 0.3) is 0 Å². The Hall–Kier alpha value is -1.10. The summed E-state index contributed by atoms with van der Waals surface area (Å²) in [4.78, 5) is 11.4. The van der Waals surface area contributed by atoms with Gasteiger partial charge in [-0.2, -0.15) is 0 Å². The topological polar surface area (TPSA) is 47.6 Å². The van der Waals surface area contributed by atoms with Gasteiger partial charge in [-0.25, -0.2) is 0 Å². The molecular weight excluding hydrogens is 266 g/mol. The quantitative estimate of drug-likeness (QED) is 0.588. The van der Waals surface area contributed by atoms with Crippen molar-refractivity contribution in [1.82, 2.24) is 5.32 Å². The summed E-state index contributed by atoms with van der Waals surface area (Å²) in [5.41, 5.74) is 0.996. The maximum absolute atomic E-state index is 11.4. The molecule has 0 aliphatic carbocycles. The fourth-order valence-electron chi connectivity index (χ4n) is 1.31. The highest BCUT2D eigenvalue weighted by Gasteiger charge is 2.04. The standard InChI is InChI=1S/C14H21NO3.ClH/c1-12(15-2)10-17-9-8-14(16)18-11-13-6-4-3-5-7-13;/h3-7,12,15H,8-11H2,1-2H3;1H/t12-;/m0./s1. The number of benzene rings is 1. The maximum atomic E-state index is 11.4. The van der Waals surface area contributed by atoms with E-state index in [4.69, 9.17) is 9.47 Å². The Morgan fingerprint density at radius 2 is 2.00 bits per heavy atom. The van der Waals surface area contributed by atoms with Crippen molar-refractivity contribution in [3.8, 4) is 0 Å². The Bertz CT molecular complexity index is 346. The van der Waals surface area contributed by atoms with Crippen LogP contribution in [0, 0.1) is 0 Å². The lowest BCUT2D eigenvalue weighted by atomic mass is 10.2. The molecule has 0 radical (unpaired) electrons. The molecule has 0 saturated carbocycles. The molecule has 0 saturated heterocycles. The highest BCUT2D eigenvalue weighted by molar-refractivity contribution is 5.85. The molecule has 108 valence electrons. The van der Waals surface area contributed by atoms with E-state index in [1.165, 1.54) is 0 Å². The zero-order valence-corrected chi connectivity index (χ0v) is 12.2. The lowest BCUT2D eigenvalue weighted by molar-refractivity contribution is -0.146. The van der Waals surface area contributed by atoms with Crippen molar-refractivity contribution in [2.75, 3.05) is 20.3 Å². The van der Waals surface area contributed by atoms with Crippen LogP contribution in [0.4, 0.5) is 0 Å². The molecule has 0 amide bonds. The molecule has 19 heavy (non-hydrogen) atoms. The summed E-state index contributed by atoms with van der Waals surface area (Å²) in [6.07, 6.45) is 0.295. The first-order chi connectivity index (χ1) is 8.72. The highest BCUT2D eigenvalue weighted by Crippen LogP contribution is 2.01. The molecule has 1 aromatic carbocycles.